The van der Waals surface area contributed by atoms with Crippen LogP contribution in [0.15, 0.2) is 57.7 Å². The van der Waals surface area contributed by atoms with E-state index in [0.29, 0.717) is 17.5 Å². The number of carbonyl (C=O) groups excluding carboxylic acids is 1. The molecular weight excluding hydrogens is 376 g/mol. The van der Waals surface area contributed by atoms with Crippen LogP contribution < -0.4 is 10.7 Å². The predicted octanol–water partition coefficient (Wildman–Crippen LogP) is 4.37. The van der Waals surface area contributed by atoms with Crippen LogP contribution in [0.1, 0.15) is 52.5 Å². The summed E-state index contributed by atoms with van der Waals surface area (Å²) in [5.41, 5.74) is 3.49. The van der Waals surface area contributed by atoms with Gasteiger partial charge in [-0.3, -0.25) is 14.5 Å². The van der Waals surface area contributed by atoms with Gasteiger partial charge in [0.05, 0.1) is 11.4 Å². The molecule has 1 aromatic heterocycles. The summed E-state index contributed by atoms with van der Waals surface area (Å²) in [7, 11) is 0. The van der Waals surface area contributed by atoms with Gasteiger partial charge in [0.15, 0.2) is 11.2 Å². The van der Waals surface area contributed by atoms with Gasteiger partial charge in [0.25, 0.3) is 5.91 Å². The van der Waals surface area contributed by atoms with Crippen LogP contribution in [0, 0.1) is 13.8 Å². The molecule has 1 aliphatic rings. The molecule has 1 N–H and O–H groups in total. The maximum atomic E-state index is 12.8. The molecule has 156 valence electrons. The van der Waals surface area contributed by atoms with E-state index in [1.54, 1.807) is 0 Å². The van der Waals surface area contributed by atoms with Crippen molar-refractivity contribution in [3.63, 3.8) is 0 Å². The molecule has 1 saturated heterocycles. The van der Waals surface area contributed by atoms with Gasteiger partial charge in [-0.1, -0.05) is 36.8 Å². The summed E-state index contributed by atoms with van der Waals surface area (Å²) in [5.74, 6) is -0.300. The van der Waals surface area contributed by atoms with Crippen LogP contribution in [0.2, 0.25) is 0 Å². The third-order valence-electron chi connectivity index (χ3n) is 6.04. The summed E-state index contributed by atoms with van der Waals surface area (Å²) in [5, 5.41) is 3.50. The molecule has 3 aromatic rings. The standard InChI is InChI=1S/C25H28N2O3/c1-17-13-20-22(28)15-24(30-23(20)14-18(17)2)25(29)26-16-21(19-9-5-3-6-10-19)27-11-7-4-8-12-27/h3,5-6,9-10,13-15,21H,4,7-8,11-12,16H2,1-2H3,(H,26,29)/t21-/m0/s1. The number of carbonyl (C=O) groups is 1. The Kier molecular flexibility index (Phi) is 6.00. The first kappa shape index (κ1) is 20.4. The summed E-state index contributed by atoms with van der Waals surface area (Å²) in [6, 6.07) is 15.3. The Bertz CT molecular complexity index is 1100. The van der Waals surface area contributed by atoms with Crippen LogP contribution in [-0.4, -0.2) is 30.4 Å². The highest BCUT2D eigenvalue weighted by Gasteiger charge is 2.23. The Labute approximate surface area is 176 Å². The van der Waals surface area contributed by atoms with E-state index in [4.69, 9.17) is 4.42 Å². The molecule has 4 rings (SSSR count). The van der Waals surface area contributed by atoms with Gasteiger partial charge >= 0.3 is 0 Å². The molecule has 0 radical (unpaired) electrons. The van der Waals surface area contributed by atoms with Crippen LogP contribution in [-0.2, 0) is 0 Å². The van der Waals surface area contributed by atoms with E-state index in [1.165, 1.54) is 30.9 Å². The topological polar surface area (TPSA) is 62.6 Å². The van der Waals surface area contributed by atoms with Crippen LogP contribution >= 0.6 is 0 Å². The molecule has 1 aliphatic heterocycles. The number of nitrogens with zero attached hydrogens (tertiary/aromatic N) is 1. The summed E-state index contributed by atoms with van der Waals surface area (Å²) in [4.78, 5) is 27.8. The van der Waals surface area contributed by atoms with Gasteiger partial charge in [-0.05, 0) is 68.6 Å². The quantitative estimate of drug-likeness (QED) is 0.686. The second-order valence-corrected chi connectivity index (χ2v) is 8.14. The number of nitrogens with one attached hydrogen (secondary N) is 1. The van der Waals surface area contributed by atoms with Gasteiger partial charge in [0.2, 0.25) is 0 Å². The van der Waals surface area contributed by atoms with Crippen molar-refractivity contribution in [3.8, 4) is 0 Å². The van der Waals surface area contributed by atoms with Crippen LogP contribution in [0.4, 0.5) is 0 Å². The van der Waals surface area contributed by atoms with E-state index in [2.05, 4.69) is 22.3 Å². The Morgan fingerprint density at radius 3 is 2.47 bits per heavy atom. The van der Waals surface area contributed by atoms with E-state index < -0.39 is 0 Å². The van der Waals surface area contributed by atoms with E-state index in [-0.39, 0.29) is 23.1 Å². The number of piperidine rings is 1. The predicted molar refractivity (Wildman–Crippen MR) is 119 cm³/mol. The maximum Gasteiger partial charge on any atom is 0.287 e. The van der Waals surface area contributed by atoms with Crippen LogP contribution in [0.25, 0.3) is 11.0 Å². The van der Waals surface area contributed by atoms with Crippen LogP contribution in [0.5, 0.6) is 0 Å². The average molecular weight is 405 g/mol. The minimum absolute atomic E-state index is 0.0567. The van der Waals surface area contributed by atoms with Crippen molar-refractivity contribution in [2.75, 3.05) is 19.6 Å². The minimum atomic E-state index is -0.356. The first-order valence-electron chi connectivity index (χ1n) is 10.7. The minimum Gasteiger partial charge on any atom is -0.451 e. The number of benzene rings is 2. The smallest absolute Gasteiger partial charge is 0.287 e. The monoisotopic (exact) mass is 404 g/mol. The molecule has 0 bridgehead atoms. The fourth-order valence-corrected chi connectivity index (χ4v) is 4.16. The molecular formula is C25H28N2O3. The molecule has 0 aliphatic carbocycles. The average Bonchev–Trinajstić information content (AvgIpc) is 2.76. The molecule has 0 unspecified atom stereocenters. The highest BCUT2D eigenvalue weighted by Crippen LogP contribution is 2.24. The van der Waals surface area contributed by atoms with Crippen molar-refractivity contribution < 1.29 is 9.21 Å². The van der Waals surface area contributed by atoms with Gasteiger partial charge in [-0.25, -0.2) is 0 Å². The van der Waals surface area contributed by atoms with Gasteiger partial charge in [0.1, 0.15) is 5.58 Å². The molecule has 0 saturated carbocycles. The van der Waals surface area contributed by atoms with E-state index >= 15 is 0 Å². The lowest BCUT2D eigenvalue weighted by molar-refractivity contribution is 0.0897. The Morgan fingerprint density at radius 1 is 1.03 bits per heavy atom. The van der Waals surface area contributed by atoms with Crippen molar-refractivity contribution >= 4 is 16.9 Å². The maximum absolute atomic E-state index is 12.8. The Balaban J connectivity index is 1.56. The summed E-state index contributed by atoms with van der Waals surface area (Å²) in [6.07, 6.45) is 3.61. The molecule has 2 aromatic carbocycles. The lowest BCUT2D eigenvalue weighted by Gasteiger charge is -2.35. The number of hydrogen-bond acceptors (Lipinski definition) is 4. The third kappa shape index (κ3) is 4.31. The zero-order valence-corrected chi connectivity index (χ0v) is 17.6. The van der Waals surface area contributed by atoms with Crippen molar-refractivity contribution in [1.29, 1.82) is 0 Å². The largest absolute Gasteiger partial charge is 0.451 e. The fourth-order valence-electron chi connectivity index (χ4n) is 4.16. The molecule has 1 fully saturated rings. The van der Waals surface area contributed by atoms with Crippen LogP contribution in [0.3, 0.4) is 0 Å². The zero-order chi connectivity index (χ0) is 21.1. The number of aryl methyl sites for hydroxylation is 2. The van der Waals surface area contributed by atoms with Crippen molar-refractivity contribution in [1.82, 2.24) is 10.2 Å². The first-order chi connectivity index (χ1) is 14.5. The van der Waals surface area contributed by atoms with E-state index in [1.807, 2.05) is 44.2 Å². The molecule has 0 spiro atoms. The Hall–Kier alpha value is -2.92. The van der Waals surface area contributed by atoms with E-state index in [0.717, 1.165) is 24.2 Å². The number of fused-ring (bicyclic) bond motifs is 1. The zero-order valence-electron chi connectivity index (χ0n) is 17.6. The lowest BCUT2D eigenvalue weighted by Crippen LogP contribution is -2.40. The number of likely N-dealkylation sites (tertiary alicyclic amines) is 1. The summed E-state index contributed by atoms with van der Waals surface area (Å²) in [6.45, 7) is 6.44. The van der Waals surface area contributed by atoms with Crippen molar-refractivity contribution in [2.45, 2.75) is 39.2 Å². The fraction of sp³-hybridized carbons (Fsp3) is 0.360. The molecule has 30 heavy (non-hydrogen) atoms. The number of amides is 1. The normalized spacial score (nSPS) is 15.8. The van der Waals surface area contributed by atoms with Gasteiger partial charge < -0.3 is 9.73 Å². The first-order valence-corrected chi connectivity index (χ1v) is 10.7. The molecule has 1 amide bonds. The molecule has 5 heteroatoms. The third-order valence-corrected chi connectivity index (χ3v) is 6.04. The summed E-state index contributed by atoms with van der Waals surface area (Å²) >= 11 is 0. The van der Waals surface area contributed by atoms with E-state index in [9.17, 15) is 9.59 Å². The highest BCUT2D eigenvalue weighted by atomic mass is 16.3. The number of rotatable bonds is 5. The molecule has 5 nitrogen and oxygen atoms in total. The van der Waals surface area contributed by atoms with Gasteiger partial charge in [-0.15, -0.1) is 0 Å². The van der Waals surface area contributed by atoms with Gasteiger partial charge in [0, 0.05) is 12.6 Å². The summed E-state index contributed by atoms with van der Waals surface area (Å²) < 4.78 is 5.80. The second kappa shape index (κ2) is 8.84. The second-order valence-electron chi connectivity index (χ2n) is 8.14. The molecule has 1 atom stereocenters. The highest BCUT2D eigenvalue weighted by molar-refractivity contribution is 5.93. The Morgan fingerprint density at radius 2 is 1.73 bits per heavy atom. The van der Waals surface area contributed by atoms with Gasteiger partial charge in [-0.2, -0.15) is 0 Å². The van der Waals surface area contributed by atoms with Crippen molar-refractivity contribution in [2.24, 2.45) is 0 Å². The SMILES string of the molecule is Cc1cc2oc(C(=O)NC[C@@H](c3ccccc3)N3CCCCC3)cc(=O)c2cc1C. The molecule has 2 heterocycles. The lowest BCUT2D eigenvalue weighted by atomic mass is 10.0. The van der Waals surface area contributed by atoms with Crippen molar-refractivity contribution in [3.05, 3.63) is 81.2 Å². The number of hydrogen-bond donors (Lipinski definition) is 1.